The number of nitrogens with one attached hydrogen (secondary N) is 3. The Morgan fingerprint density at radius 3 is 1.76 bits per heavy atom. The minimum Gasteiger partial charge on any atom is -0.508 e. The lowest BCUT2D eigenvalue weighted by molar-refractivity contribution is -0.142. The molecule has 0 spiro atoms. The lowest BCUT2D eigenvalue weighted by Gasteiger charge is -2.22. The summed E-state index contributed by atoms with van der Waals surface area (Å²) in [7, 11) is 0. The zero-order valence-electron chi connectivity index (χ0n) is 20.8. The van der Waals surface area contributed by atoms with Gasteiger partial charge in [0.05, 0.1) is 12.6 Å². The number of carboxylic acids is 1. The number of benzene rings is 2. The highest BCUT2D eigenvalue weighted by Crippen LogP contribution is 2.13. The first-order valence-electron chi connectivity index (χ1n) is 11.9. The third-order valence-electron chi connectivity index (χ3n) is 6.00. The van der Waals surface area contributed by atoms with Gasteiger partial charge in [0.1, 0.15) is 23.6 Å². The van der Waals surface area contributed by atoms with E-state index in [0.29, 0.717) is 17.5 Å². The molecule has 0 bridgehead atoms. The number of hydrogen-bond acceptors (Lipinski definition) is 7. The van der Waals surface area contributed by atoms with E-state index in [-0.39, 0.29) is 30.3 Å². The number of hydrogen-bond donors (Lipinski definition) is 7. The number of aromatic hydroxyl groups is 2. The summed E-state index contributed by atoms with van der Waals surface area (Å²) in [5.41, 5.74) is 7.06. The first-order valence-corrected chi connectivity index (χ1v) is 11.9. The lowest BCUT2D eigenvalue weighted by Crippen LogP contribution is -2.55. The summed E-state index contributed by atoms with van der Waals surface area (Å²) in [5, 5.41) is 36.0. The third-order valence-corrected chi connectivity index (χ3v) is 6.00. The van der Waals surface area contributed by atoms with Gasteiger partial charge in [0.2, 0.25) is 17.7 Å². The van der Waals surface area contributed by atoms with Gasteiger partial charge >= 0.3 is 5.97 Å². The fraction of sp³-hybridized carbons (Fsp3) is 0.385. The second kappa shape index (κ2) is 13.8. The van der Waals surface area contributed by atoms with Gasteiger partial charge in [-0.3, -0.25) is 14.4 Å². The highest BCUT2D eigenvalue weighted by molar-refractivity contribution is 5.92. The summed E-state index contributed by atoms with van der Waals surface area (Å²) in [6.07, 6.45) is 0.638. The molecule has 11 heteroatoms. The van der Waals surface area contributed by atoms with Crippen molar-refractivity contribution in [2.24, 2.45) is 11.7 Å². The fourth-order valence-electron chi connectivity index (χ4n) is 3.46. The Morgan fingerprint density at radius 1 is 0.811 bits per heavy atom. The highest BCUT2D eigenvalue weighted by atomic mass is 16.4. The maximum Gasteiger partial charge on any atom is 0.326 e. The van der Waals surface area contributed by atoms with Crippen LogP contribution in [0.25, 0.3) is 0 Å². The van der Waals surface area contributed by atoms with Gasteiger partial charge in [-0.05, 0) is 41.3 Å². The summed E-state index contributed by atoms with van der Waals surface area (Å²) < 4.78 is 0. The normalized spacial score (nSPS) is 14.0. The Bertz CT molecular complexity index is 1070. The summed E-state index contributed by atoms with van der Waals surface area (Å²) >= 11 is 0. The molecule has 0 radical (unpaired) electrons. The van der Waals surface area contributed by atoms with Crippen molar-refractivity contribution >= 4 is 23.7 Å². The summed E-state index contributed by atoms with van der Waals surface area (Å²) in [6.45, 7) is 3.29. The molecule has 0 aliphatic heterocycles. The Kier molecular flexibility index (Phi) is 10.9. The van der Waals surface area contributed by atoms with Crippen LogP contribution < -0.4 is 21.7 Å². The van der Waals surface area contributed by atoms with Crippen molar-refractivity contribution in [1.29, 1.82) is 0 Å². The molecule has 8 N–H and O–H groups in total. The van der Waals surface area contributed by atoms with E-state index in [1.54, 1.807) is 24.3 Å². The quantitative estimate of drug-likeness (QED) is 0.200. The number of aliphatic carboxylic acids is 1. The van der Waals surface area contributed by atoms with Crippen molar-refractivity contribution < 1.29 is 34.5 Å². The number of nitrogens with two attached hydrogens (primary N) is 1. The SMILES string of the molecule is CCC(C)C(N)C(=O)NCC(=O)NC(Cc1ccc(O)cc1)C(=O)NC(Cc1ccc(O)cc1)C(=O)O. The average molecular weight is 515 g/mol. The molecule has 4 unspecified atom stereocenters. The van der Waals surface area contributed by atoms with E-state index >= 15 is 0 Å². The molecule has 0 fully saturated rings. The maximum atomic E-state index is 13.1. The number of carbonyl (C=O) groups excluding carboxylic acids is 3. The molecule has 0 heterocycles. The molecule has 3 amide bonds. The number of carboxylic acid groups (broad SMARTS) is 1. The van der Waals surface area contributed by atoms with Gasteiger partial charge in [-0.1, -0.05) is 44.5 Å². The smallest absolute Gasteiger partial charge is 0.326 e. The first kappa shape index (κ1) is 29.1. The van der Waals surface area contributed by atoms with Crippen molar-refractivity contribution in [3.05, 3.63) is 59.7 Å². The Morgan fingerprint density at radius 2 is 1.30 bits per heavy atom. The van der Waals surface area contributed by atoms with Gasteiger partial charge in [0.15, 0.2) is 0 Å². The molecule has 4 atom stereocenters. The van der Waals surface area contributed by atoms with E-state index in [4.69, 9.17) is 5.73 Å². The van der Waals surface area contributed by atoms with E-state index in [0.717, 1.165) is 0 Å². The third kappa shape index (κ3) is 9.45. The topological polar surface area (TPSA) is 191 Å². The summed E-state index contributed by atoms with van der Waals surface area (Å²) in [5.74, 6) is -3.21. The first-order chi connectivity index (χ1) is 17.5. The average Bonchev–Trinajstić information content (AvgIpc) is 2.87. The zero-order valence-corrected chi connectivity index (χ0v) is 20.8. The molecular formula is C26H34N4O7. The molecule has 0 aliphatic carbocycles. The van der Waals surface area contributed by atoms with Crippen LogP contribution in [-0.4, -0.2) is 63.7 Å². The van der Waals surface area contributed by atoms with E-state index in [1.165, 1.54) is 24.3 Å². The Labute approximate surface area is 215 Å². The van der Waals surface area contributed by atoms with Gasteiger partial charge in [0.25, 0.3) is 0 Å². The van der Waals surface area contributed by atoms with Crippen molar-refractivity contribution in [1.82, 2.24) is 16.0 Å². The van der Waals surface area contributed by atoms with Crippen LogP contribution in [0.1, 0.15) is 31.4 Å². The monoisotopic (exact) mass is 514 g/mol. The van der Waals surface area contributed by atoms with Crippen LogP contribution in [-0.2, 0) is 32.0 Å². The van der Waals surface area contributed by atoms with E-state index < -0.39 is 48.4 Å². The standard InChI is InChI=1S/C26H34N4O7/c1-3-15(2)23(27)25(35)28-14-22(33)29-20(12-16-4-8-18(31)9-5-16)24(34)30-21(26(36)37)13-17-6-10-19(32)11-7-17/h4-11,15,20-21,23,31-32H,3,12-14,27H2,1-2H3,(H,28,35)(H,29,33)(H,30,34)(H,36,37). The Hall–Kier alpha value is -4.12. The van der Waals surface area contributed by atoms with Crippen LogP contribution in [0.5, 0.6) is 11.5 Å². The second-order valence-corrected chi connectivity index (χ2v) is 8.89. The molecule has 0 saturated carbocycles. The maximum absolute atomic E-state index is 13.1. The predicted molar refractivity (Wildman–Crippen MR) is 136 cm³/mol. The number of amides is 3. The fourth-order valence-corrected chi connectivity index (χ4v) is 3.46. The number of phenolic OH excluding ortho intramolecular Hbond substituents is 2. The molecule has 0 saturated heterocycles. The molecule has 2 rings (SSSR count). The van der Waals surface area contributed by atoms with Crippen LogP contribution in [0.4, 0.5) is 0 Å². The number of rotatable bonds is 13. The van der Waals surface area contributed by atoms with Crippen LogP contribution in [0.15, 0.2) is 48.5 Å². The molecule has 2 aromatic carbocycles. The largest absolute Gasteiger partial charge is 0.508 e. The van der Waals surface area contributed by atoms with E-state index in [9.17, 15) is 34.5 Å². The van der Waals surface area contributed by atoms with Crippen LogP contribution >= 0.6 is 0 Å². The lowest BCUT2D eigenvalue weighted by atomic mass is 9.99. The molecule has 0 aromatic heterocycles. The van der Waals surface area contributed by atoms with Gasteiger partial charge in [-0.2, -0.15) is 0 Å². The predicted octanol–water partition coefficient (Wildman–Crippen LogP) is 0.427. The molecule has 2 aromatic rings. The summed E-state index contributed by atoms with van der Waals surface area (Å²) in [6, 6.07) is 8.63. The molecular weight excluding hydrogens is 480 g/mol. The minimum atomic E-state index is -1.30. The van der Waals surface area contributed by atoms with E-state index in [2.05, 4.69) is 16.0 Å². The van der Waals surface area contributed by atoms with E-state index in [1.807, 2.05) is 13.8 Å². The van der Waals surface area contributed by atoms with Gasteiger partial charge in [-0.15, -0.1) is 0 Å². The van der Waals surface area contributed by atoms with Crippen LogP contribution in [0, 0.1) is 5.92 Å². The van der Waals surface area contributed by atoms with Crippen molar-refractivity contribution in [2.45, 2.75) is 51.2 Å². The van der Waals surface area contributed by atoms with Crippen molar-refractivity contribution in [3.63, 3.8) is 0 Å². The number of carbonyl (C=O) groups is 4. The summed E-state index contributed by atoms with van der Waals surface area (Å²) in [4.78, 5) is 49.7. The molecule has 37 heavy (non-hydrogen) atoms. The van der Waals surface area contributed by atoms with Crippen LogP contribution in [0.2, 0.25) is 0 Å². The second-order valence-electron chi connectivity index (χ2n) is 8.89. The Balaban J connectivity index is 2.12. The van der Waals surface area contributed by atoms with Gasteiger partial charge < -0.3 is 37.0 Å². The van der Waals surface area contributed by atoms with Gasteiger partial charge in [-0.25, -0.2) is 4.79 Å². The molecule has 200 valence electrons. The highest BCUT2D eigenvalue weighted by Gasteiger charge is 2.28. The van der Waals surface area contributed by atoms with Gasteiger partial charge in [0, 0.05) is 12.8 Å². The minimum absolute atomic E-state index is 0.00370. The van der Waals surface area contributed by atoms with Crippen molar-refractivity contribution in [3.8, 4) is 11.5 Å². The van der Waals surface area contributed by atoms with Crippen LogP contribution in [0.3, 0.4) is 0 Å². The molecule has 0 aliphatic rings. The zero-order chi connectivity index (χ0) is 27.5. The van der Waals surface area contributed by atoms with Crippen molar-refractivity contribution in [2.75, 3.05) is 6.54 Å². The molecule has 11 nitrogen and oxygen atoms in total. The number of phenols is 2.